The van der Waals surface area contributed by atoms with E-state index < -0.39 is 0 Å². The van der Waals surface area contributed by atoms with Crippen LogP contribution in [0, 0.1) is 0 Å². The van der Waals surface area contributed by atoms with Crippen LogP contribution in [0.2, 0.25) is 0 Å². The van der Waals surface area contributed by atoms with Crippen LogP contribution in [0.1, 0.15) is 24.8 Å². The molecule has 2 N–H and O–H groups in total. The first-order valence-corrected chi connectivity index (χ1v) is 6.12. The van der Waals surface area contributed by atoms with Gasteiger partial charge < -0.3 is 15.2 Å². The average Bonchev–Trinajstić information content (AvgIpc) is 2.66. The van der Waals surface area contributed by atoms with E-state index in [2.05, 4.69) is 19.1 Å². The van der Waals surface area contributed by atoms with Crippen molar-refractivity contribution in [2.24, 2.45) is 5.73 Å². The minimum Gasteiger partial charge on any atom is -0.454 e. The number of hydrogen-bond acceptors (Lipinski definition) is 4. The van der Waals surface area contributed by atoms with Crippen LogP contribution in [0.5, 0.6) is 11.5 Å². The largest absolute Gasteiger partial charge is 0.454 e. The summed E-state index contributed by atoms with van der Waals surface area (Å²) in [7, 11) is 0. The third-order valence-corrected chi connectivity index (χ3v) is 3.91. The second-order valence-corrected chi connectivity index (χ2v) is 5.20. The predicted octanol–water partition coefficient (Wildman–Crippen LogP) is 2.81. The van der Waals surface area contributed by atoms with Crippen molar-refractivity contribution in [2.45, 2.75) is 24.2 Å². The second-order valence-electron chi connectivity index (χ2n) is 4.09. The maximum absolute atomic E-state index is 5.91. The van der Waals surface area contributed by atoms with E-state index in [0.29, 0.717) is 12.7 Å². The molecule has 3 nitrogen and oxygen atoms in total. The number of hydrogen-bond donors (Lipinski definition) is 1. The zero-order chi connectivity index (χ0) is 11.1. The summed E-state index contributed by atoms with van der Waals surface area (Å²) in [4.78, 5) is 1.18. The number of rotatable bonds is 0. The summed E-state index contributed by atoms with van der Waals surface area (Å²) in [5, 5.41) is 0.865. The van der Waals surface area contributed by atoms with Crippen LogP contribution in [0.3, 0.4) is 0 Å². The van der Waals surface area contributed by atoms with E-state index in [0.717, 1.165) is 22.9 Å². The molecule has 0 spiro atoms. The molecule has 1 aromatic rings. The predicted molar refractivity (Wildman–Crippen MR) is 63.7 cm³/mol. The number of thioether (sulfide) groups is 1. The van der Waals surface area contributed by atoms with Crippen molar-refractivity contribution in [1.29, 1.82) is 0 Å². The lowest BCUT2D eigenvalue weighted by molar-refractivity contribution is 0.174. The standard InChI is InChI=1S/C12H13NO2S/c1-7-2-3-12(13)16-11-5-10-9(4-8(7)11)14-6-15-10/h3-5,7H,2,6,13H2,1H3. The second kappa shape index (κ2) is 3.63. The molecule has 2 aliphatic rings. The van der Waals surface area contributed by atoms with Crippen LogP contribution in [0.25, 0.3) is 0 Å². The highest BCUT2D eigenvalue weighted by Crippen LogP contribution is 2.44. The lowest BCUT2D eigenvalue weighted by Gasteiger charge is -2.12. The SMILES string of the molecule is CC1CC=C(N)Sc2cc3c(cc21)OCO3. The molecule has 0 amide bonds. The van der Waals surface area contributed by atoms with Crippen molar-refractivity contribution in [2.75, 3.05) is 6.79 Å². The third-order valence-electron chi connectivity index (χ3n) is 2.94. The van der Waals surface area contributed by atoms with Gasteiger partial charge in [0.25, 0.3) is 0 Å². The summed E-state index contributed by atoms with van der Waals surface area (Å²) in [5.74, 6) is 2.15. The first-order valence-electron chi connectivity index (χ1n) is 5.31. The van der Waals surface area contributed by atoms with Gasteiger partial charge in [-0.1, -0.05) is 24.8 Å². The fourth-order valence-corrected chi connectivity index (χ4v) is 2.98. The van der Waals surface area contributed by atoms with Gasteiger partial charge in [0.05, 0.1) is 5.03 Å². The first kappa shape index (κ1) is 9.90. The van der Waals surface area contributed by atoms with Gasteiger partial charge in [0.15, 0.2) is 11.5 Å². The van der Waals surface area contributed by atoms with Crippen LogP contribution < -0.4 is 15.2 Å². The Morgan fingerprint density at radius 3 is 2.88 bits per heavy atom. The van der Waals surface area contributed by atoms with Crippen LogP contribution in [-0.4, -0.2) is 6.79 Å². The molecule has 2 aliphatic heterocycles. The molecule has 0 bridgehead atoms. The van der Waals surface area contributed by atoms with Crippen LogP contribution in [-0.2, 0) is 0 Å². The molecule has 2 heterocycles. The number of allylic oxidation sites excluding steroid dienone is 1. The van der Waals surface area contributed by atoms with E-state index in [1.807, 2.05) is 6.07 Å². The monoisotopic (exact) mass is 235 g/mol. The van der Waals surface area contributed by atoms with Gasteiger partial charge in [-0.2, -0.15) is 0 Å². The molecular weight excluding hydrogens is 222 g/mol. The minimum atomic E-state index is 0.322. The molecular formula is C12H13NO2S. The first-order chi connectivity index (χ1) is 7.74. The summed E-state index contributed by atoms with van der Waals surface area (Å²) in [6, 6.07) is 4.12. The Morgan fingerprint density at radius 1 is 1.31 bits per heavy atom. The zero-order valence-electron chi connectivity index (χ0n) is 9.03. The number of benzene rings is 1. The highest BCUT2D eigenvalue weighted by atomic mass is 32.2. The minimum absolute atomic E-state index is 0.322. The quantitative estimate of drug-likeness (QED) is 0.751. The van der Waals surface area contributed by atoms with Crippen molar-refractivity contribution in [3.8, 4) is 11.5 Å². The highest BCUT2D eigenvalue weighted by Gasteiger charge is 2.22. The topological polar surface area (TPSA) is 44.5 Å². The van der Waals surface area contributed by atoms with E-state index in [4.69, 9.17) is 15.2 Å². The number of nitrogens with two attached hydrogens (primary N) is 1. The van der Waals surface area contributed by atoms with Gasteiger partial charge in [-0.05, 0) is 30.0 Å². The van der Waals surface area contributed by atoms with Crippen molar-refractivity contribution < 1.29 is 9.47 Å². The molecule has 1 unspecified atom stereocenters. The van der Waals surface area contributed by atoms with Crippen molar-refractivity contribution in [1.82, 2.24) is 0 Å². The Hall–Kier alpha value is -1.29. The van der Waals surface area contributed by atoms with E-state index in [9.17, 15) is 0 Å². The molecule has 1 aromatic carbocycles. The van der Waals surface area contributed by atoms with E-state index in [1.165, 1.54) is 10.5 Å². The maximum atomic E-state index is 5.91. The maximum Gasteiger partial charge on any atom is 0.231 e. The number of fused-ring (bicyclic) bond motifs is 2. The summed E-state index contributed by atoms with van der Waals surface area (Å²) in [6.45, 7) is 2.53. The Bertz CT molecular complexity index is 470. The smallest absolute Gasteiger partial charge is 0.231 e. The average molecular weight is 235 g/mol. The van der Waals surface area contributed by atoms with Gasteiger partial charge >= 0.3 is 0 Å². The molecule has 0 aromatic heterocycles. The highest BCUT2D eigenvalue weighted by molar-refractivity contribution is 8.03. The molecule has 0 radical (unpaired) electrons. The van der Waals surface area contributed by atoms with Crippen LogP contribution in [0.15, 0.2) is 28.1 Å². The molecule has 4 heteroatoms. The fraction of sp³-hybridized carbons (Fsp3) is 0.333. The van der Waals surface area contributed by atoms with Gasteiger partial charge in [-0.3, -0.25) is 0 Å². The molecule has 3 rings (SSSR count). The Kier molecular flexibility index (Phi) is 2.24. The van der Waals surface area contributed by atoms with Gasteiger partial charge in [-0.25, -0.2) is 0 Å². The third kappa shape index (κ3) is 1.53. The zero-order valence-corrected chi connectivity index (χ0v) is 9.84. The van der Waals surface area contributed by atoms with Crippen LogP contribution in [0.4, 0.5) is 0 Å². The van der Waals surface area contributed by atoms with E-state index in [1.54, 1.807) is 11.8 Å². The van der Waals surface area contributed by atoms with Crippen molar-refractivity contribution in [3.05, 3.63) is 28.8 Å². The Morgan fingerprint density at radius 2 is 2.06 bits per heavy atom. The molecule has 84 valence electrons. The summed E-state index contributed by atoms with van der Waals surface area (Å²) < 4.78 is 10.8. The number of ether oxygens (including phenoxy) is 2. The molecule has 0 saturated carbocycles. The van der Waals surface area contributed by atoms with Gasteiger partial charge in [0.2, 0.25) is 6.79 Å². The van der Waals surface area contributed by atoms with Gasteiger partial charge in [0, 0.05) is 4.90 Å². The normalized spacial score (nSPS) is 22.3. The molecule has 0 saturated heterocycles. The van der Waals surface area contributed by atoms with Crippen LogP contribution >= 0.6 is 11.8 Å². The molecule has 0 fully saturated rings. The fourth-order valence-electron chi connectivity index (χ4n) is 2.00. The van der Waals surface area contributed by atoms with E-state index >= 15 is 0 Å². The van der Waals surface area contributed by atoms with Gasteiger partial charge in [0.1, 0.15) is 0 Å². The Labute approximate surface area is 98.6 Å². The molecule has 0 aliphatic carbocycles. The lowest BCUT2D eigenvalue weighted by atomic mass is 9.97. The Balaban J connectivity index is 2.11. The van der Waals surface area contributed by atoms with Crippen molar-refractivity contribution >= 4 is 11.8 Å². The summed E-state index contributed by atoms with van der Waals surface area (Å²) in [6.07, 6.45) is 3.06. The molecule has 1 atom stereocenters. The summed E-state index contributed by atoms with van der Waals surface area (Å²) in [5.41, 5.74) is 7.21. The van der Waals surface area contributed by atoms with Gasteiger partial charge in [-0.15, -0.1) is 0 Å². The lowest BCUT2D eigenvalue weighted by Crippen LogP contribution is -1.93. The summed E-state index contributed by atoms with van der Waals surface area (Å²) >= 11 is 1.61. The van der Waals surface area contributed by atoms with E-state index in [-0.39, 0.29) is 0 Å². The molecule has 16 heavy (non-hydrogen) atoms. The van der Waals surface area contributed by atoms with Crippen molar-refractivity contribution in [3.63, 3.8) is 0 Å².